The molecule has 0 aromatic heterocycles. The highest BCUT2D eigenvalue weighted by Crippen LogP contribution is 2.36. The Hall–Kier alpha value is -1.83. The van der Waals surface area contributed by atoms with Gasteiger partial charge in [0.05, 0.1) is 24.6 Å². The summed E-state index contributed by atoms with van der Waals surface area (Å²) in [4.78, 5) is 12.6. The van der Waals surface area contributed by atoms with Crippen LogP contribution < -0.4 is 10.1 Å². The zero-order chi connectivity index (χ0) is 18.7. The highest BCUT2D eigenvalue weighted by molar-refractivity contribution is 6.43. The Morgan fingerprint density at radius 3 is 2.88 bits per heavy atom. The van der Waals surface area contributed by atoms with Gasteiger partial charge in [-0.25, -0.2) is 0 Å². The third kappa shape index (κ3) is 4.11. The normalized spacial score (nSPS) is 28.6. The number of aliphatic hydroxyl groups excluding tert-OH is 1. The molecule has 6 nitrogen and oxygen atoms in total. The number of aliphatic hydroxyl groups is 1. The van der Waals surface area contributed by atoms with Crippen LogP contribution in [0.3, 0.4) is 0 Å². The first-order valence-electron chi connectivity index (χ1n) is 9.18. The van der Waals surface area contributed by atoms with Crippen LogP contribution >= 0.6 is 0 Å². The summed E-state index contributed by atoms with van der Waals surface area (Å²) in [6, 6.07) is 7.64. The predicted molar refractivity (Wildman–Crippen MR) is 98.5 cm³/mol. The van der Waals surface area contributed by atoms with Crippen molar-refractivity contribution in [2.75, 3.05) is 6.61 Å². The van der Waals surface area contributed by atoms with Crippen molar-refractivity contribution in [2.24, 2.45) is 11.8 Å². The lowest BCUT2D eigenvalue weighted by Gasteiger charge is -2.32. The van der Waals surface area contributed by atoms with Crippen molar-refractivity contribution in [2.45, 2.75) is 43.6 Å². The molecular weight excluding hydrogens is 333 g/mol. The highest BCUT2D eigenvalue weighted by Gasteiger charge is 2.37. The van der Waals surface area contributed by atoms with Gasteiger partial charge in [0.25, 0.3) is 0 Å². The van der Waals surface area contributed by atoms with Crippen molar-refractivity contribution in [1.82, 2.24) is 5.32 Å². The molecule has 140 valence electrons. The summed E-state index contributed by atoms with van der Waals surface area (Å²) in [5.74, 6) is -0.739. The average Bonchev–Trinajstić information content (AvgIpc) is 3.04. The van der Waals surface area contributed by atoms with Gasteiger partial charge in [0, 0.05) is 11.5 Å². The minimum Gasteiger partial charge on any atom is -0.493 e. The van der Waals surface area contributed by atoms with Crippen molar-refractivity contribution in [3.63, 3.8) is 0 Å². The molecule has 1 aliphatic heterocycles. The SMILES string of the molecule is C=C[C@@H]1CC[C@H](O)[C@H](C(=O)N[C@@H](C[C@@H]2COc3ccccc32)B(O)O)C1. The Balaban J connectivity index is 1.65. The largest absolute Gasteiger partial charge is 0.493 e. The molecule has 4 N–H and O–H groups in total. The zero-order valence-corrected chi connectivity index (χ0v) is 14.8. The monoisotopic (exact) mass is 359 g/mol. The second-order valence-corrected chi connectivity index (χ2v) is 7.29. The lowest BCUT2D eigenvalue weighted by molar-refractivity contribution is -0.131. The molecule has 0 radical (unpaired) electrons. The zero-order valence-electron chi connectivity index (χ0n) is 14.8. The van der Waals surface area contributed by atoms with Gasteiger partial charge in [0.15, 0.2) is 0 Å². The van der Waals surface area contributed by atoms with Crippen molar-refractivity contribution < 1.29 is 24.7 Å². The summed E-state index contributed by atoms with van der Waals surface area (Å²) < 4.78 is 5.63. The van der Waals surface area contributed by atoms with Gasteiger partial charge in [0.2, 0.25) is 5.91 Å². The van der Waals surface area contributed by atoms with Crippen LogP contribution in [-0.4, -0.2) is 46.8 Å². The molecule has 0 spiro atoms. The molecule has 7 heteroatoms. The molecule has 1 aromatic carbocycles. The Morgan fingerprint density at radius 2 is 2.15 bits per heavy atom. The topological polar surface area (TPSA) is 99.0 Å². The fraction of sp³-hybridized carbons (Fsp3) is 0.526. The minimum atomic E-state index is -1.68. The van der Waals surface area contributed by atoms with E-state index in [-0.39, 0.29) is 17.7 Å². The van der Waals surface area contributed by atoms with E-state index in [4.69, 9.17) is 4.74 Å². The molecule has 0 saturated heterocycles. The van der Waals surface area contributed by atoms with Crippen molar-refractivity contribution >= 4 is 13.0 Å². The van der Waals surface area contributed by atoms with Crippen LogP contribution in [0.15, 0.2) is 36.9 Å². The smallest absolute Gasteiger partial charge is 0.475 e. The van der Waals surface area contributed by atoms with E-state index in [0.29, 0.717) is 25.9 Å². The number of allylic oxidation sites excluding steroid dienone is 1. The number of rotatable bonds is 6. The molecule has 2 aliphatic rings. The van der Waals surface area contributed by atoms with Gasteiger partial charge in [0.1, 0.15) is 5.75 Å². The van der Waals surface area contributed by atoms with Gasteiger partial charge >= 0.3 is 7.12 Å². The summed E-state index contributed by atoms with van der Waals surface area (Å²) in [6.07, 6.45) is 3.35. The molecule has 5 atom stereocenters. The van der Waals surface area contributed by atoms with Crippen LogP contribution in [0, 0.1) is 11.8 Å². The maximum Gasteiger partial charge on any atom is 0.475 e. The van der Waals surface area contributed by atoms with Crippen LogP contribution in [0.25, 0.3) is 0 Å². The summed E-state index contributed by atoms with van der Waals surface area (Å²) in [5, 5.41) is 32.4. The predicted octanol–water partition coefficient (Wildman–Crippen LogP) is 1.01. The van der Waals surface area contributed by atoms with E-state index < -0.39 is 25.1 Å². The number of hydrogen-bond acceptors (Lipinski definition) is 5. The third-order valence-corrected chi connectivity index (χ3v) is 5.55. The highest BCUT2D eigenvalue weighted by atomic mass is 16.5. The van der Waals surface area contributed by atoms with Crippen LogP contribution in [0.2, 0.25) is 0 Å². The Labute approximate surface area is 154 Å². The standard InChI is InChI=1S/C19H26BNO5/c1-2-12-7-8-16(22)15(9-12)19(23)21-18(20(24)25)10-13-11-26-17-6-4-3-5-14(13)17/h2-6,12-13,15-16,18,22,24-25H,1,7-11H2,(H,21,23)/t12-,13-,15-,16+,18+/m1/s1. The molecule has 0 bridgehead atoms. The number of benzene rings is 1. The van der Waals surface area contributed by atoms with E-state index in [2.05, 4.69) is 11.9 Å². The van der Waals surface area contributed by atoms with Gasteiger partial charge in [-0.05, 0) is 37.7 Å². The molecular formula is C19H26BNO5. The van der Waals surface area contributed by atoms with Gasteiger partial charge < -0.3 is 25.2 Å². The number of amides is 1. The Bertz CT molecular complexity index is 653. The number of carbonyl (C=O) groups excluding carboxylic acids is 1. The summed E-state index contributed by atoms with van der Waals surface area (Å²) in [5.41, 5.74) is 1.01. The minimum absolute atomic E-state index is 0.0181. The molecule has 1 saturated carbocycles. The fourth-order valence-corrected chi connectivity index (χ4v) is 3.96. The summed E-state index contributed by atoms with van der Waals surface area (Å²) in [6.45, 7) is 4.22. The Morgan fingerprint density at radius 1 is 1.38 bits per heavy atom. The van der Waals surface area contributed by atoms with E-state index in [1.807, 2.05) is 30.3 Å². The van der Waals surface area contributed by atoms with Crippen LogP contribution in [-0.2, 0) is 4.79 Å². The number of nitrogens with one attached hydrogen (secondary N) is 1. The second-order valence-electron chi connectivity index (χ2n) is 7.29. The summed E-state index contributed by atoms with van der Waals surface area (Å²) >= 11 is 0. The van der Waals surface area contributed by atoms with Crippen LogP contribution in [0.4, 0.5) is 0 Å². The van der Waals surface area contributed by atoms with Crippen molar-refractivity contribution in [3.8, 4) is 5.75 Å². The lowest BCUT2D eigenvalue weighted by Crippen LogP contribution is -2.51. The van der Waals surface area contributed by atoms with Crippen LogP contribution in [0.5, 0.6) is 5.75 Å². The molecule has 1 aromatic rings. The lowest BCUT2D eigenvalue weighted by atomic mass is 9.72. The number of carbonyl (C=O) groups is 1. The number of ether oxygens (including phenoxy) is 1. The first-order valence-corrected chi connectivity index (χ1v) is 9.18. The maximum atomic E-state index is 12.6. The summed E-state index contributed by atoms with van der Waals surface area (Å²) in [7, 11) is -1.68. The van der Waals surface area contributed by atoms with Gasteiger partial charge in [-0.1, -0.05) is 24.3 Å². The van der Waals surface area contributed by atoms with Gasteiger partial charge in [-0.15, -0.1) is 6.58 Å². The first kappa shape index (κ1) is 19.0. The molecule has 3 rings (SSSR count). The fourth-order valence-electron chi connectivity index (χ4n) is 3.96. The molecule has 26 heavy (non-hydrogen) atoms. The van der Waals surface area contributed by atoms with Gasteiger partial charge in [-0.3, -0.25) is 4.79 Å². The van der Waals surface area contributed by atoms with E-state index >= 15 is 0 Å². The van der Waals surface area contributed by atoms with Crippen LogP contribution in [0.1, 0.15) is 37.2 Å². The molecule has 0 unspecified atom stereocenters. The first-order chi connectivity index (χ1) is 12.5. The van der Waals surface area contributed by atoms with Gasteiger partial charge in [-0.2, -0.15) is 0 Å². The molecule has 1 amide bonds. The third-order valence-electron chi connectivity index (χ3n) is 5.55. The maximum absolute atomic E-state index is 12.6. The quantitative estimate of drug-likeness (QED) is 0.449. The molecule has 1 heterocycles. The van der Waals surface area contributed by atoms with E-state index in [0.717, 1.165) is 17.7 Å². The van der Waals surface area contributed by atoms with Crippen molar-refractivity contribution in [1.29, 1.82) is 0 Å². The van der Waals surface area contributed by atoms with E-state index in [9.17, 15) is 19.9 Å². The number of para-hydroxylation sites is 1. The van der Waals surface area contributed by atoms with E-state index in [1.165, 1.54) is 0 Å². The number of hydrogen-bond donors (Lipinski definition) is 4. The molecule has 1 fully saturated rings. The second kappa shape index (κ2) is 8.25. The molecule has 1 aliphatic carbocycles. The Kier molecular flexibility index (Phi) is 6.01. The van der Waals surface area contributed by atoms with E-state index in [1.54, 1.807) is 0 Å². The van der Waals surface area contributed by atoms with Crippen molar-refractivity contribution in [3.05, 3.63) is 42.5 Å². The average molecular weight is 359 g/mol. The number of fused-ring (bicyclic) bond motifs is 1.